The molecule has 1 aliphatic rings. The largest absolute Gasteiger partial charge is 0.480 e. The van der Waals surface area contributed by atoms with Crippen LogP contribution in [-0.4, -0.2) is 41.9 Å². The minimum atomic E-state index is -0.909. The van der Waals surface area contributed by atoms with Crippen molar-refractivity contribution in [1.29, 1.82) is 0 Å². The fourth-order valence-corrected chi connectivity index (χ4v) is 2.78. The molecule has 3 rings (SSSR count). The second kappa shape index (κ2) is 6.10. The van der Waals surface area contributed by atoms with Crippen LogP contribution < -0.4 is 4.90 Å². The number of aromatic nitrogens is 1. The molecule has 0 saturated carbocycles. The third kappa shape index (κ3) is 3.13. The summed E-state index contributed by atoms with van der Waals surface area (Å²) in [7, 11) is 0. The number of benzene rings is 1. The molecule has 1 aromatic carbocycles. The Morgan fingerprint density at radius 3 is 2.81 bits per heavy atom. The van der Waals surface area contributed by atoms with Crippen LogP contribution in [0.15, 0.2) is 36.5 Å². The summed E-state index contributed by atoms with van der Waals surface area (Å²) in [5.41, 5.74) is 0. The molecular formula is C16H18N2O3. The Morgan fingerprint density at radius 2 is 2.05 bits per heavy atom. The van der Waals surface area contributed by atoms with Crippen molar-refractivity contribution >= 4 is 22.6 Å². The van der Waals surface area contributed by atoms with Crippen LogP contribution in [0.2, 0.25) is 0 Å². The van der Waals surface area contributed by atoms with Gasteiger partial charge in [-0.05, 0) is 24.3 Å². The summed E-state index contributed by atoms with van der Waals surface area (Å²) in [5.74, 6) is 0.0953. The van der Waals surface area contributed by atoms with Gasteiger partial charge >= 0.3 is 5.97 Å². The van der Waals surface area contributed by atoms with E-state index in [1.165, 1.54) is 5.39 Å². The lowest BCUT2D eigenvalue weighted by Gasteiger charge is -2.33. The Labute approximate surface area is 123 Å². The van der Waals surface area contributed by atoms with Crippen molar-refractivity contribution < 1.29 is 14.6 Å². The molecule has 0 aliphatic carbocycles. The fraction of sp³-hybridized carbons (Fsp3) is 0.375. The second-order valence-electron chi connectivity index (χ2n) is 5.25. The standard InChI is InChI=1S/C16H18N2O3/c19-15(20)11-21-13-6-9-18(10-7-13)16-14-4-2-1-3-12(14)5-8-17-16/h1-5,8,13H,6-7,9-11H2,(H,19,20). The molecule has 1 N–H and O–H groups in total. The number of aliphatic carboxylic acids is 1. The summed E-state index contributed by atoms with van der Waals surface area (Å²) in [6, 6.07) is 10.2. The number of carbonyl (C=O) groups is 1. The van der Waals surface area contributed by atoms with Crippen molar-refractivity contribution in [3.8, 4) is 0 Å². The number of piperidine rings is 1. The molecule has 2 aromatic rings. The minimum absolute atomic E-state index is 0.0346. The molecule has 1 aliphatic heterocycles. The molecule has 5 nitrogen and oxygen atoms in total. The average molecular weight is 286 g/mol. The van der Waals surface area contributed by atoms with Crippen molar-refractivity contribution in [1.82, 2.24) is 4.98 Å². The number of rotatable bonds is 4. The van der Waals surface area contributed by atoms with E-state index in [-0.39, 0.29) is 12.7 Å². The lowest BCUT2D eigenvalue weighted by atomic mass is 10.1. The summed E-state index contributed by atoms with van der Waals surface area (Å²) in [6.07, 6.45) is 3.54. The van der Waals surface area contributed by atoms with Gasteiger partial charge in [-0.3, -0.25) is 0 Å². The highest BCUT2D eigenvalue weighted by molar-refractivity contribution is 5.92. The topological polar surface area (TPSA) is 62.7 Å². The average Bonchev–Trinajstić information content (AvgIpc) is 2.53. The molecule has 110 valence electrons. The van der Waals surface area contributed by atoms with E-state index in [1.54, 1.807) is 0 Å². The number of anilines is 1. The number of hydrogen-bond acceptors (Lipinski definition) is 4. The smallest absolute Gasteiger partial charge is 0.329 e. The minimum Gasteiger partial charge on any atom is -0.480 e. The van der Waals surface area contributed by atoms with E-state index in [2.05, 4.69) is 22.0 Å². The molecule has 1 fully saturated rings. The first-order valence-corrected chi connectivity index (χ1v) is 7.16. The summed E-state index contributed by atoms with van der Waals surface area (Å²) < 4.78 is 5.37. The van der Waals surface area contributed by atoms with Gasteiger partial charge in [0.1, 0.15) is 12.4 Å². The predicted molar refractivity (Wildman–Crippen MR) is 80.6 cm³/mol. The molecule has 1 saturated heterocycles. The number of ether oxygens (including phenoxy) is 1. The molecule has 0 atom stereocenters. The lowest BCUT2D eigenvalue weighted by Crippen LogP contribution is -2.38. The molecule has 2 heterocycles. The van der Waals surface area contributed by atoms with E-state index in [0.29, 0.717) is 0 Å². The molecule has 0 spiro atoms. The van der Waals surface area contributed by atoms with Crippen LogP contribution >= 0.6 is 0 Å². The van der Waals surface area contributed by atoms with Gasteiger partial charge in [0.05, 0.1) is 6.10 Å². The Morgan fingerprint density at radius 1 is 1.29 bits per heavy atom. The maximum absolute atomic E-state index is 10.5. The highest BCUT2D eigenvalue weighted by Gasteiger charge is 2.22. The third-order valence-corrected chi connectivity index (χ3v) is 3.84. The van der Waals surface area contributed by atoms with Gasteiger partial charge in [-0.1, -0.05) is 24.3 Å². The SMILES string of the molecule is O=C(O)COC1CCN(c2nccc3ccccc23)CC1. The van der Waals surface area contributed by atoms with Crippen LogP contribution in [0.25, 0.3) is 10.8 Å². The zero-order valence-electron chi connectivity index (χ0n) is 11.7. The predicted octanol–water partition coefficient (Wildman–Crippen LogP) is 2.30. The van der Waals surface area contributed by atoms with Gasteiger partial charge in [0.2, 0.25) is 0 Å². The Balaban J connectivity index is 1.70. The first-order chi connectivity index (χ1) is 10.2. The van der Waals surface area contributed by atoms with E-state index in [1.807, 2.05) is 24.4 Å². The van der Waals surface area contributed by atoms with Gasteiger partial charge in [0, 0.05) is 24.7 Å². The van der Waals surface area contributed by atoms with Crippen molar-refractivity contribution in [3.05, 3.63) is 36.5 Å². The van der Waals surface area contributed by atoms with Gasteiger partial charge < -0.3 is 14.7 Å². The fourth-order valence-electron chi connectivity index (χ4n) is 2.78. The molecule has 1 aromatic heterocycles. The normalized spacial score (nSPS) is 16.3. The molecular weight excluding hydrogens is 268 g/mol. The van der Waals surface area contributed by atoms with E-state index in [9.17, 15) is 4.79 Å². The Bertz CT molecular complexity index is 631. The third-order valence-electron chi connectivity index (χ3n) is 3.84. The lowest BCUT2D eigenvalue weighted by molar-refractivity contribution is -0.144. The van der Waals surface area contributed by atoms with E-state index >= 15 is 0 Å². The summed E-state index contributed by atoms with van der Waals surface area (Å²) >= 11 is 0. The zero-order valence-corrected chi connectivity index (χ0v) is 11.7. The monoisotopic (exact) mass is 286 g/mol. The number of carboxylic acid groups (broad SMARTS) is 1. The van der Waals surface area contributed by atoms with Crippen LogP contribution in [0.5, 0.6) is 0 Å². The maximum Gasteiger partial charge on any atom is 0.329 e. The van der Waals surface area contributed by atoms with Gasteiger partial charge in [0.15, 0.2) is 0 Å². The van der Waals surface area contributed by atoms with Crippen LogP contribution in [0, 0.1) is 0 Å². The highest BCUT2D eigenvalue weighted by Crippen LogP contribution is 2.27. The number of carboxylic acids is 1. The zero-order chi connectivity index (χ0) is 14.7. The molecule has 0 radical (unpaired) electrons. The van der Waals surface area contributed by atoms with Crippen LogP contribution in [0.3, 0.4) is 0 Å². The maximum atomic E-state index is 10.5. The van der Waals surface area contributed by atoms with E-state index in [0.717, 1.165) is 37.1 Å². The van der Waals surface area contributed by atoms with Crippen LogP contribution in [-0.2, 0) is 9.53 Å². The van der Waals surface area contributed by atoms with Gasteiger partial charge in [0.25, 0.3) is 0 Å². The first kappa shape index (κ1) is 13.8. The van der Waals surface area contributed by atoms with Crippen LogP contribution in [0.4, 0.5) is 5.82 Å². The quantitative estimate of drug-likeness (QED) is 0.934. The van der Waals surface area contributed by atoms with E-state index in [4.69, 9.17) is 9.84 Å². The molecule has 0 bridgehead atoms. The number of pyridine rings is 1. The van der Waals surface area contributed by atoms with Crippen molar-refractivity contribution in [2.75, 3.05) is 24.6 Å². The molecule has 0 amide bonds. The number of hydrogen-bond donors (Lipinski definition) is 1. The van der Waals surface area contributed by atoms with Crippen molar-refractivity contribution in [2.45, 2.75) is 18.9 Å². The van der Waals surface area contributed by atoms with Crippen molar-refractivity contribution in [2.24, 2.45) is 0 Å². The van der Waals surface area contributed by atoms with Crippen LogP contribution in [0.1, 0.15) is 12.8 Å². The van der Waals surface area contributed by atoms with Crippen molar-refractivity contribution in [3.63, 3.8) is 0 Å². The van der Waals surface area contributed by atoms with Gasteiger partial charge in [-0.25, -0.2) is 9.78 Å². The van der Waals surface area contributed by atoms with Gasteiger partial charge in [-0.2, -0.15) is 0 Å². The Hall–Kier alpha value is -2.14. The Kier molecular flexibility index (Phi) is 4.01. The number of nitrogens with zero attached hydrogens (tertiary/aromatic N) is 2. The summed E-state index contributed by atoms with van der Waals surface area (Å²) in [5, 5.41) is 11.0. The number of fused-ring (bicyclic) bond motifs is 1. The summed E-state index contributed by atoms with van der Waals surface area (Å²) in [4.78, 5) is 17.3. The van der Waals surface area contributed by atoms with E-state index < -0.39 is 5.97 Å². The summed E-state index contributed by atoms with van der Waals surface area (Å²) in [6.45, 7) is 1.47. The molecule has 21 heavy (non-hydrogen) atoms. The highest BCUT2D eigenvalue weighted by atomic mass is 16.5. The molecule has 5 heteroatoms. The molecule has 0 unspecified atom stereocenters. The first-order valence-electron chi connectivity index (χ1n) is 7.16. The second-order valence-corrected chi connectivity index (χ2v) is 5.25. The van der Waals surface area contributed by atoms with Gasteiger partial charge in [-0.15, -0.1) is 0 Å².